The molecule has 0 N–H and O–H groups in total. The molecule has 4 bridgehead atoms. The third kappa shape index (κ3) is 1.85. The van der Waals surface area contributed by atoms with E-state index in [2.05, 4.69) is 11.8 Å². The van der Waals surface area contributed by atoms with Crippen molar-refractivity contribution in [3.05, 3.63) is 0 Å². The fraction of sp³-hybridized carbons (Fsp3) is 0.857. The van der Waals surface area contributed by atoms with Gasteiger partial charge in [0.2, 0.25) is 0 Å². The van der Waals surface area contributed by atoms with Crippen molar-refractivity contribution in [1.82, 2.24) is 0 Å². The van der Waals surface area contributed by atoms with Crippen molar-refractivity contribution < 1.29 is 0 Å². The zero-order valence-corrected chi connectivity index (χ0v) is 10.7. The fourth-order valence-electron chi connectivity index (χ4n) is 4.65. The van der Waals surface area contributed by atoms with Gasteiger partial charge in [0.1, 0.15) is 0 Å². The smallest absolute Gasteiger partial charge is 0.0268 e. The van der Waals surface area contributed by atoms with Gasteiger partial charge in [-0.25, -0.2) is 0 Å². The van der Waals surface area contributed by atoms with Crippen molar-refractivity contribution in [3.63, 3.8) is 0 Å². The topological polar surface area (TPSA) is 0 Å². The third-order valence-electron chi connectivity index (χ3n) is 4.77. The summed E-state index contributed by atoms with van der Waals surface area (Å²) in [6.45, 7) is 1.98. The summed E-state index contributed by atoms with van der Waals surface area (Å²) in [7, 11) is 1.14. The highest BCUT2D eigenvalue weighted by Gasteiger charge is 2.50. The van der Waals surface area contributed by atoms with Crippen molar-refractivity contribution in [1.29, 1.82) is 0 Å². The van der Waals surface area contributed by atoms with Gasteiger partial charge in [0, 0.05) is 6.16 Å². The lowest BCUT2D eigenvalue weighted by molar-refractivity contribution is 0.0368. The maximum Gasteiger partial charge on any atom is 0.0268 e. The van der Waals surface area contributed by atoms with Crippen molar-refractivity contribution in [2.24, 2.45) is 17.8 Å². The number of hydrogen-bond acceptors (Lipinski definition) is 0. The summed E-state index contributed by atoms with van der Waals surface area (Å²) in [4.78, 5) is 0. The lowest BCUT2D eigenvalue weighted by Gasteiger charge is -2.56. The van der Waals surface area contributed by atoms with Crippen LogP contribution in [0.1, 0.15) is 45.4 Å². The van der Waals surface area contributed by atoms with Crippen LogP contribution in [0.5, 0.6) is 0 Å². The van der Waals surface area contributed by atoms with Crippen molar-refractivity contribution in [3.8, 4) is 11.8 Å². The Kier molecular flexibility index (Phi) is 2.56. The molecule has 1 atom stereocenters. The first-order valence-electron chi connectivity index (χ1n) is 6.44. The van der Waals surface area contributed by atoms with Crippen molar-refractivity contribution in [2.75, 3.05) is 6.16 Å². The van der Waals surface area contributed by atoms with Crippen LogP contribution in [-0.2, 0) is 0 Å². The van der Waals surface area contributed by atoms with Crippen molar-refractivity contribution in [2.45, 2.75) is 50.6 Å². The van der Waals surface area contributed by atoms with Gasteiger partial charge in [0.15, 0.2) is 0 Å². The van der Waals surface area contributed by atoms with Crippen LogP contribution in [0, 0.1) is 29.6 Å². The molecule has 4 saturated carbocycles. The van der Waals surface area contributed by atoms with E-state index < -0.39 is 0 Å². The summed E-state index contributed by atoms with van der Waals surface area (Å²) >= 11 is 0. The van der Waals surface area contributed by atoms with E-state index in [0.29, 0.717) is 0 Å². The van der Waals surface area contributed by atoms with Gasteiger partial charge in [-0.05, 0) is 68.4 Å². The molecule has 0 aliphatic heterocycles. The second kappa shape index (κ2) is 3.78. The minimum atomic E-state index is 0.776. The fourth-order valence-corrected chi connectivity index (χ4v) is 6.59. The van der Waals surface area contributed by atoms with Crippen LogP contribution < -0.4 is 0 Å². The monoisotopic (exact) mass is 220 g/mol. The Balaban J connectivity index is 1.71. The van der Waals surface area contributed by atoms with Crippen LogP contribution in [0.2, 0.25) is 0 Å². The maximum atomic E-state index is 3.29. The highest BCUT2D eigenvalue weighted by Crippen LogP contribution is 2.62. The van der Waals surface area contributed by atoms with E-state index in [4.69, 9.17) is 0 Å². The van der Waals surface area contributed by atoms with Gasteiger partial charge in [0.05, 0.1) is 0 Å². The summed E-state index contributed by atoms with van der Waals surface area (Å²) in [5.74, 6) is 9.67. The van der Waals surface area contributed by atoms with Crippen molar-refractivity contribution >= 4 is 8.58 Å². The summed E-state index contributed by atoms with van der Waals surface area (Å²) in [5.41, 5.74) is 0. The van der Waals surface area contributed by atoms with Crippen LogP contribution in [0.3, 0.4) is 0 Å². The highest BCUT2D eigenvalue weighted by atomic mass is 31.1. The van der Waals surface area contributed by atoms with Crippen LogP contribution in [0.4, 0.5) is 0 Å². The molecule has 0 aromatic rings. The van der Waals surface area contributed by atoms with Gasteiger partial charge in [-0.1, -0.05) is 5.92 Å². The van der Waals surface area contributed by atoms with Gasteiger partial charge < -0.3 is 0 Å². The molecule has 4 rings (SSSR count). The summed E-state index contributed by atoms with van der Waals surface area (Å²) in [6.07, 6.45) is 10.6. The SMILES string of the molecule is CC#CCPC12CC3CC(CC(C3)C1)C2. The molecular weight excluding hydrogens is 199 g/mol. The van der Waals surface area contributed by atoms with Crippen LogP contribution in [-0.4, -0.2) is 11.3 Å². The Morgan fingerprint density at radius 2 is 1.60 bits per heavy atom. The molecule has 4 aliphatic carbocycles. The van der Waals surface area contributed by atoms with Crippen LogP contribution in [0.25, 0.3) is 0 Å². The molecule has 0 saturated heterocycles. The van der Waals surface area contributed by atoms with Gasteiger partial charge in [-0.15, -0.1) is 14.5 Å². The quantitative estimate of drug-likeness (QED) is 0.492. The molecule has 15 heavy (non-hydrogen) atoms. The lowest BCUT2D eigenvalue weighted by Crippen LogP contribution is -2.47. The van der Waals surface area contributed by atoms with E-state index in [9.17, 15) is 0 Å². The average Bonchev–Trinajstić information content (AvgIpc) is 2.15. The molecule has 0 aromatic heterocycles. The van der Waals surface area contributed by atoms with E-state index in [-0.39, 0.29) is 0 Å². The summed E-state index contributed by atoms with van der Waals surface area (Å²) in [6, 6.07) is 0. The molecule has 0 amide bonds. The lowest BCUT2D eigenvalue weighted by atomic mass is 9.56. The molecule has 0 aromatic carbocycles. The Bertz CT molecular complexity index is 272. The van der Waals surface area contributed by atoms with Gasteiger partial charge in [-0.3, -0.25) is 0 Å². The van der Waals surface area contributed by atoms with E-state index in [1.807, 2.05) is 6.92 Å². The first-order chi connectivity index (χ1) is 7.30. The molecule has 4 fully saturated rings. The van der Waals surface area contributed by atoms with E-state index in [0.717, 1.165) is 31.5 Å². The zero-order chi connectivity index (χ0) is 10.3. The summed E-state index contributed by atoms with van der Waals surface area (Å²) in [5, 5.41) is 0.776. The van der Waals surface area contributed by atoms with E-state index >= 15 is 0 Å². The molecule has 0 spiro atoms. The van der Waals surface area contributed by atoms with Gasteiger partial charge in [0.25, 0.3) is 0 Å². The largest absolute Gasteiger partial charge is 0.106 e. The Morgan fingerprint density at radius 1 is 1.07 bits per heavy atom. The minimum absolute atomic E-state index is 0.776. The van der Waals surface area contributed by atoms with E-state index in [1.54, 1.807) is 38.5 Å². The maximum absolute atomic E-state index is 3.29. The molecule has 82 valence electrons. The standard InChI is InChI=1S/C14H21P/c1-2-3-4-15-14-8-11-5-12(9-14)7-13(6-11)10-14/h11-13,15H,4-10H2,1H3. The predicted molar refractivity (Wildman–Crippen MR) is 67.5 cm³/mol. The van der Waals surface area contributed by atoms with Gasteiger partial charge >= 0.3 is 0 Å². The zero-order valence-electron chi connectivity index (χ0n) is 9.68. The molecular formula is C14H21P. The molecule has 1 heteroatoms. The number of rotatable bonds is 2. The third-order valence-corrected chi connectivity index (χ3v) is 6.48. The minimum Gasteiger partial charge on any atom is -0.106 e. The molecule has 0 heterocycles. The van der Waals surface area contributed by atoms with Gasteiger partial charge in [-0.2, -0.15) is 0 Å². The second-order valence-corrected chi connectivity index (χ2v) is 7.75. The predicted octanol–water partition coefficient (Wildman–Crippen LogP) is 3.66. The molecule has 4 aliphatic rings. The van der Waals surface area contributed by atoms with Crippen LogP contribution >= 0.6 is 8.58 Å². The Morgan fingerprint density at radius 3 is 2.07 bits per heavy atom. The average molecular weight is 220 g/mol. The first-order valence-corrected chi connectivity index (χ1v) is 7.65. The Hall–Kier alpha value is -0.0100. The number of hydrogen-bond donors (Lipinski definition) is 0. The molecule has 0 radical (unpaired) electrons. The normalized spacial score (nSPS) is 47.1. The Labute approximate surface area is 95.4 Å². The molecule has 0 nitrogen and oxygen atoms in total. The van der Waals surface area contributed by atoms with E-state index in [1.165, 1.54) is 6.16 Å². The highest BCUT2D eigenvalue weighted by molar-refractivity contribution is 7.40. The first kappa shape index (κ1) is 10.2. The molecule has 1 unspecified atom stereocenters. The second-order valence-electron chi connectivity index (χ2n) is 5.98. The summed E-state index contributed by atoms with van der Waals surface area (Å²) < 4.78 is 0. The van der Waals surface area contributed by atoms with Crippen LogP contribution in [0.15, 0.2) is 0 Å².